The molecule has 7 heteroatoms. The van der Waals surface area contributed by atoms with Gasteiger partial charge >= 0.3 is 6.03 Å². The molecule has 5 aliphatic rings. The summed E-state index contributed by atoms with van der Waals surface area (Å²) in [6, 6.07) is 0.369. The first-order chi connectivity index (χ1) is 16.2. The highest BCUT2D eigenvalue weighted by Gasteiger charge is 2.50. The second-order valence-electron chi connectivity index (χ2n) is 12.9. The maximum atomic E-state index is 13.2. The zero-order valence-corrected chi connectivity index (χ0v) is 22.2. The second kappa shape index (κ2) is 8.82. The van der Waals surface area contributed by atoms with Crippen LogP contribution in [0.3, 0.4) is 0 Å². The number of nitrogens with zero attached hydrogens (tertiary/aromatic N) is 3. The van der Waals surface area contributed by atoms with Gasteiger partial charge in [-0.25, -0.2) is 4.79 Å². The van der Waals surface area contributed by atoms with Crippen LogP contribution in [-0.2, 0) is 9.59 Å². The van der Waals surface area contributed by atoms with E-state index in [9.17, 15) is 19.5 Å². The second-order valence-corrected chi connectivity index (χ2v) is 12.9. The first-order valence-electron chi connectivity index (χ1n) is 13.0. The number of barbiturate groups is 1. The number of allylic oxidation sites excluding steroid dienone is 3. The number of rotatable bonds is 3. The quantitative estimate of drug-likeness (QED) is 0.260. The zero-order chi connectivity index (χ0) is 25.9. The number of aliphatic hydroxyl groups excluding tert-OH is 1. The van der Waals surface area contributed by atoms with Crippen molar-refractivity contribution in [3.63, 3.8) is 0 Å². The summed E-state index contributed by atoms with van der Waals surface area (Å²) >= 11 is 0. The van der Waals surface area contributed by atoms with Gasteiger partial charge in [-0.3, -0.25) is 19.4 Å². The van der Waals surface area contributed by atoms with Gasteiger partial charge in [-0.05, 0) is 123 Å². The van der Waals surface area contributed by atoms with Crippen LogP contribution in [0.25, 0.3) is 0 Å². The molecule has 0 aromatic rings. The summed E-state index contributed by atoms with van der Waals surface area (Å²) in [6.07, 6.45) is 13.1. The number of hydrogen-bond donors (Lipinski definition) is 1. The SMILES string of the molecule is CC1C2CC3CC(C2)CC(C3)N1/C=C/C=C(\O)C=C1C(=O)N(C(C)(C)C)C(=O)N(C(C)(C)C)C1=O. The van der Waals surface area contributed by atoms with E-state index in [1.165, 1.54) is 44.3 Å². The molecular weight excluding hydrogens is 442 g/mol. The monoisotopic (exact) mass is 483 g/mol. The first-order valence-corrected chi connectivity index (χ1v) is 13.0. The number of hydrogen-bond acceptors (Lipinski definition) is 5. The molecule has 5 rings (SSSR count). The fraction of sp³-hybridized carbons (Fsp3) is 0.679. The van der Waals surface area contributed by atoms with Gasteiger partial charge < -0.3 is 10.0 Å². The summed E-state index contributed by atoms with van der Waals surface area (Å²) in [4.78, 5) is 44.1. The summed E-state index contributed by atoms with van der Waals surface area (Å²) in [5.41, 5.74) is -1.85. The Morgan fingerprint density at radius 1 is 0.857 bits per heavy atom. The van der Waals surface area contributed by atoms with Gasteiger partial charge in [0.15, 0.2) is 0 Å². The van der Waals surface area contributed by atoms with Gasteiger partial charge in [-0.1, -0.05) is 0 Å². The average molecular weight is 484 g/mol. The van der Waals surface area contributed by atoms with Crippen LogP contribution in [0.4, 0.5) is 4.79 Å². The molecule has 35 heavy (non-hydrogen) atoms. The van der Waals surface area contributed by atoms with Gasteiger partial charge in [0.2, 0.25) is 0 Å². The van der Waals surface area contributed by atoms with E-state index < -0.39 is 28.9 Å². The lowest BCUT2D eigenvalue weighted by atomic mass is 9.67. The van der Waals surface area contributed by atoms with E-state index in [0.717, 1.165) is 27.6 Å². The van der Waals surface area contributed by atoms with Crippen molar-refractivity contribution in [2.24, 2.45) is 17.8 Å². The molecule has 4 bridgehead atoms. The average Bonchev–Trinajstić information content (AvgIpc) is 2.84. The summed E-state index contributed by atoms with van der Waals surface area (Å²) in [5, 5.41) is 10.7. The highest BCUT2D eigenvalue weighted by Crippen LogP contribution is 2.49. The largest absolute Gasteiger partial charge is 0.508 e. The molecule has 192 valence electrons. The Kier molecular flexibility index (Phi) is 6.43. The number of amides is 4. The van der Waals surface area contributed by atoms with Crippen molar-refractivity contribution in [3.8, 4) is 0 Å². The molecule has 0 aromatic carbocycles. The summed E-state index contributed by atoms with van der Waals surface area (Å²) in [5.74, 6) is 0.835. The van der Waals surface area contributed by atoms with Gasteiger partial charge in [0.1, 0.15) is 11.3 Å². The molecule has 0 aromatic heterocycles. The van der Waals surface area contributed by atoms with Crippen LogP contribution >= 0.6 is 0 Å². The third kappa shape index (κ3) is 4.78. The maximum absolute atomic E-state index is 13.2. The van der Waals surface area contributed by atoms with Gasteiger partial charge in [0.25, 0.3) is 11.8 Å². The van der Waals surface area contributed by atoms with Crippen LogP contribution in [0, 0.1) is 17.8 Å². The number of urea groups is 1. The number of imide groups is 2. The van der Waals surface area contributed by atoms with E-state index in [1.54, 1.807) is 47.6 Å². The van der Waals surface area contributed by atoms with E-state index in [4.69, 9.17) is 0 Å². The van der Waals surface area contributed by atoms with Crippen molar-refractivity contribution in [2.45, 2.75) is 104 Å². The van der Waals surface area contributed by atoms with Crippen molar-refractivity contribution in [2.75, 3.05) is 0 Å². The summed E-state index contributed by atoms with van der Waals surface area (Å²) in [6.45, 7) is 12.8. The van der Waals surface area contributed by atoms with Crippen LogP contribution in [0.15, 0.2) is 35.8 Å². The lowest BCUT2D eigenvalue weighted by Gasteiger charge is -2.45. The Morgan fingerprint density at radius 3 is 1.86 bits per heavy atom. The molecule has 5 fully saturated rings. The number of carbonyl (C=O) groups is 3. The minimum absolute atomic E-state index is 0.191. The smallest absolute Gasteiger partial charge is 0.334 e. The van der Waals surface area contributed by atoms with Crippen LogP contribution in [0.1, 0.15) is 80.6 Å². The lowest BCUT2D eigenvalue weighted by Crippen LogP contribution is -2.65. The Labute approximate surface area is 209 Å². The van der Waals surface area contributed by atoms with Crippen LogP contribution < -0.4 is 0 Å². The fourth-order valence-electron chi connectivity index (χ4n) is 6.69. The summed E-state index contributed by atoms with van der Waals surface area (Å²) in [7, 11) is 0. The number of fused-ring (bicyclic) bond motifs is 1. The predicted molar refractivity (Wildman–Crippen MR) is 135 cm³/mol. The topological polar surface area (TPSA) is 81.2 Å². The minimum Gasteiger partial charge on any atom is -0.508 e. The van der Waals surface area contributed by atoms with E-state index in [1.807, 2.05) is 0 Å². The Balaban J connectivity index is 1.59. The third-order valence-corrected chi connectivity index (χ3v) is 8.13. The lowest BCUT2D eigenvalue weighted by molar-refractivity contribution is -0.141. The van der Waals surface area contributed by atoms with E-state index in [0.29, 0.717) is 12.1 Å². The fourth-order valence-corrected chi connectivity index (χ4v) is 6.69. The van der Waals surface area contributed by atoms with Gasteiger partial charge in [0, 0.05) is 23.2 Å². The van der Waals surface area contributed by atoms with Gasteiger partial charge in [0.05, 0.1) is 0 Å². The van der Waals surface area contributed by atoms with Crippen molar-refractivity contribution >= 4 is 17.8 Å². The van der Waals surface area contributed by atoms with Crippen molar-refractivity contribution < 1.29 is 19.5 Å². The molecular formula is C28H41N3O4. The molecule has 0 spiro atoms. The summed E-state index contributed by atoms with van der Waals surface area (Å²) < 4.78 is 0. The third-order valence-electron chi connectivity index (χ3n) is 8.13. The molecule has 2 saturated carbocycles. The number of carbonyl (C=O) groups excluding carboxylic acids is 3. The normalized spacial score (nSPS) is 32.3. The Bertz CT molecular complexity index is 945. The van der Waals surface area contributed by atoms with E-state index in [2.05, 4.69) is 18.0 Å². The van der Waals surface area contributed by atoms with Crippen molar-refractivity contribution in [1.29, 1.82) is 0 Å². The first kappa shape index (κ1) is 25.5. The Hall–Kier alpha value is -2.57. The molecule has 3 saturated heterocycles. The van der Waals surface area contributed by atoms with Crippen LogP contribution in [0.2, 0.25) is 0 Å². The predicted octanol–water partition coefficient (Wildman–Crippen LogP) is 5.16. The molecule has 4 amide bonds. The van der Waals surface area contributed by atoms with Gasteiger partial charge in [-0.2, -0.15) is 0 Å². The molecule has 3 unspecified atom stereocenters. The van der Waals surface area contributed by atoms with Crippen LogP contribution in [-0.4, -0.2) is 60.8 Å². The molecule has 7 nitrogen and oxygen atoms in total. The molecule has 3 aliphatic heterocycles. The highest BCUT2D eigenvalue weighted by molar-refractivity contribution is 6.29. The number of aliphatic hydroxyl groups is 1. The molecule has 3 heterocycles. The standard InChI is InChI=1S/C28H41N3O4/c1-17-20-12-18-11-19(13-20)15-21(14-18)29(17)10-8-9-22(32)16-23-24(33)30(27(2,3)4)26(35)31(25(23)34)28(5,6)7/h8-10,16-21,32H,11-15H2,1-7H3/b10-8+,22-9-. The molecule has 0 radical (unpaired) electrons. The molecule has 2 aliphatic carbocycles. The van der Waals surface area contributed by atoms with Crippen molar-refractivity contribution in [3.05, 3.63) is 35.8 Å². The van der Waals surface area contributed by atoms with E-state index >= 15 is 0 Å². The van der Waals surface area contributed by atoms with E-state index in [-0.39, 0.29) is 11.3 Å². The highest BCUT2D eigenvalue weighted by atomic mass is 16.3. The molecule has 3 atom stereocenters. The van der Waals surface area contributed by atoms with Gasteiger partial charge in [-0.15, -0.1) is 0 Å². The minimum atomic E-state index is -0.821. The zero-order valence-electron chi connectivity index (χ0n) is 22.2. The van der Waals surface area contributed by atoms with Crippen LogP contribution in [0.5, 0.6) is 0 Å². The maximum Gasteiger partial charge on any atom is 0.334 e. The Morgan fingerprint density at radius 2 is 1.37 bits per heavy atom. The van der Waals surface area contributed by atoms with Crippen molar-refractivity contribution in [1.82, 2.24) is 14.7 Å². The molecule has 1 N–H and O–H groups in total.